The predicted molar refractivity (Wildman–Crippen MR) is 84.4 cm³/mol. The van der Waals surface area contributed by atoms with Crippen molar-refractivity contribution in [3.05, 3.63) is 11.7 Å². The molecular formula is C16H23N5O3. The maximum absolute atomic E-state index is 12.2. The van der Waals surface area contributed by atoms with E-state index in [0.29, 0.717) is 19.0 Å². The van der Waals surface area contributed by atoms with Crippen molar-refractivity contribution in [2.24, 2.45) is 0 Å². The van der Waals surface area contributed by atoms with E-state index >= 15 is 0 Å². The Morgan fingerprint density at radius 3 is 2.67 bits per heavy atom. The van der Waals surface area contributed by atoms with E-state index in [2.05, 4.69) is 20.4 Å². The van der Waals surface area contributed by atoms with Crippen LogP contribution in [0.4, 0.5) is 4.79 Å². The zero-order valence-electron chi connectivity index (χ0n) is 14.1. The number of rotatable bonds is 5. The molecule has 24 heavy (non-hydrogen) atoms. The van der Waals surface area contributed by atoms with Gasteiger partial charge in [0.2, 0.25) is 5.89 Å². The van der Waals surface area contributed by atoms with Gasteiger partial charge in [0.1, 0.15) is 5.54 Å². The molecule has 0 bridgehead atoms. The molecule has 3 heterocycles. The predicted octanol–water partition coefficient (Wildman–Crippen LogP) is 1.07. The lowest BCUT2D eigenvalue weighted by Gasteiger charge is -2.20. The average Bonchev–Trinajstić information content (AvgIpc) is 3.01. The first-order valence-electron chi connectivity index (χ1n) is 8.64. The number of likely N-dealkylation sites (tertiary alicyclic amines) is 1. The highest BCUT2D eigenvalue weighted by Crippen LogP contribution is 2.39. The molecule has 4 rings (SSSR count). The molecule has 1 atom stereocenters. The molecule has 1 N–H and O–H groups in total. The van der Waals surface area contributed by atoms with Gasteiger partial charge in [0, 0.05) is 25.6 Å². The van der Waals surface area contributed by atoms with Crippen LogP contribution in [0.25, 0.3) is 0 Å². The van der Waals surface area contributed by atoms with Crippen molar-refractivity contribution < 1.29 is 14.1 Å². The van der Waals surface area contributed by atoms with E-state index in [1.807, 2.05) is 0 Å². The van der Waals surface area contributed by atoms with Gasteiger partial charge in [-0.1, -0.05) is 5.16 Å². The summed E-state index contributed by atoms with van der Waals surface area (Å²) in [5.74, 6) is 2.18. The lowest BCUT2D eigenvalue weighted by atomic mass is 10.1. The van der Waals surface area contributed by atoms with Crippen LogP contribution >= 0.6 is 0 Å². The first-order valence-corrected chi connectivity index (χ1v) is 8.64. The Balaban J connectivity index is 1.31. The first-order chi connectivity index (χ1) is 11.4. The van der Waals surface area contributed by atoms with Crippen LogP contribution < -0.4 is 5.32 Å². The van der Waals surface area contributed by atoms with Crippen LogP contribution in [0.2, 0.25) is 0 Å². The molecule has 2 saturated heterocycles. The number of carbonyl (C=O) groups is 2. The number of nitrogens with one attached hydrogen (secondary N) is 1. The molecule has 1 aromatic heterocycles. The van der Waals surface area contributed by atoms with Crippen molar-refractivity contribution >= 4 is 11.9 Å². The van der Waals surface area contributed by atoms with E-state index in [-0.39, 0.29) is 17.9 Å². The summed E-state index contributed by atoms with van der Waals surface area (Å²) in [6.45, 7) is 6.30. The number of urea groups is 1. The maximum Gasteiger partial charge on any atom is 0.325 e. The summed E-state index contributed by atoms with van der Waals surface area (Å²) in [5, 5.41) is 6.79. The number of hydrogen-bond donors (Lipinski definition) is 1. The smallest absolute Gasteiger partial charge is 0.325 e. The van der Waals surface area contributed by atoms with Gasteiger partial charge in [-0.25, -0.2) is 4.79 Å². The van der Waals surface area contributed by atoms with Gasteiger partial charge in [0.25, 0.3) is 5.91 Å². The van der Waals surface area contributed by atoms with E-state index < -0.39 is 5.54 Å². The van der Waals surface area contributed by atoms with Gasteiger partial charge in [0.05, 0.1) is 5.92 Å². The largest absolute Gasteiger partial charge is 0.339 e. The Morgan fingerprint density at radius 2 is 2.00 bits per heavy atom. The minimum atomic E-state index is -0.798. The van der Waals surface area contributed by atoms with Gasteiger partial charge >= 0.3 is 6.03 Å². The van der Waals surface area contributed by atoms with Crippen LogP contribution in [0.5, 0.6) is 0 Å². The molecule has 3 aliphatic rings. The molecule has 1 saturated carbocycles. The van der Waals surface area contributed by atoms with Crippen molar-refractivity contribution in [2.75, 3.05) is 26.2 Å². The minimum Gasteiger partial charge on any atom is -0.339 e. The SMILES string of the molecule is CC1(C)NC(=O)N(CCN2CC[C@@H](c3nc(C4CC4)no3)C2)C1=O. The Labute approximate surface area is 140 Å². The Kier molecular flexibility index (Phi) is 3.59. The Hall–Kier alpha value is -1.96. The van der Waals surface area contributed by atoms with Gasteiger partial charge < -0.3 is 14.7 Å². The standard InChI is InChI=1S/C16H23N5O3/c1-16(2)14(22)21(15(23)18-16)8-7-20-6-5-11(9-20)13-17-12(19-24-13)10-3-4-10/h10-11H,3-9H2,1-2H3,(H,18,23)/t11-/m1/s1. The summed E-state index contributed by atoms with van der Waals surface area (Å²) in [4.78, 5) is 32.2. The minimum absolute atomic E-state index is 0.158. The van der Waals surface area contributed by atoms with E-state index in [9.17, 15) is 9.59 Å². The second kappa shape index (κ2) is 5.54. The Bertz CT molecular complexity index is 666. The van der Waals surface area contributed by atoms with E-state index in [4.69, 9.17) is 4.52 Å². The van der Waals surface area contributed by atoms with E-state index in [1.165, 1.54) is 4.90 Å². The Morgan fingerprint density at radius 1 is 1.21 bits per heavy atom. The highest BCUT2D eigenvalue weighted by molar-refractivity contribution is 6.06. The zero-order chi connectivity index (χ0) is 16.9. The van der Waals surface area contributed by atoms with Gasteiger partial charge in [-0.05, 0) is 39.7 Å². The van der Waals surface area contributed by atoms with Gasteiger partial charge in [-0.2, -0.15) is 4.98 Å². The fourth-order valence-corrected chi connectivity index (χ4v) is 3.42. The molecule has 0 spiro atoms. The second-order valence-corrected chi connectivity index (χ2v) is 7.56. The number of aromatic nitrogens is 2. The van der Waals surface area contributed by atoms with E-state index in [1.54, 1.807) is 13.8 Å². The molecule has 1 aliphatic carbocycles. The quantitative estimate of drug-likeness (QED) is 0.810. The summed E-state index contributed by atoms with van der Waals surface area (Å²) >= 11 is 0. The number of carbonyl (C=O) groups excluding carboxylic acids is 2. The molecule has 2 aliphatic heterocycles. The van der Waals surface area contributed by atoms with Crippen LogP contribution in [0, 0.1) is 0 Å². The monoisotopic (exact) mass is 333 g/mol. The lowest BCUT2D eigenvalue weighted by Crippen LogP contribution is -2.41. The molecule has 1 aromatic rings. The fraction of sp³-hybridized carbons (Fsp3) is 0.750. The molecule has 8 nitrogen and oxygen atoms in total. The third-order valence-corrected chi connectivity index (χ3v) is 5.11. The summed E-state index contributed by atoms with van der Waals surface area (Å²) in [6.07, 6.45) is 3.30. The highest BCUT2D eigenvalue weighted by atomic mass is 16.5. The molecule has 0 radical (unpaired) electrons. The summed E-state index contributed by atoms with van der Waals surface area (Å²) in [5.41, 5.74) is -0.798. The average molecular weight is 333 g/mol. The van der Waals surface area contributed by atoms with Crippen molar-refractivity contribution in [1.29, 1.82) is 0 Å². The summed E-state index contributed by atoms with van der Waals surface area (Å²) in [6, 6.07) is -0.299. The normalized spacial score (nSPS) is 27.1. The van der Waals surface area contributed by atoms with Crippen molar-refractivity contribution in [3.63, 3.8) is 0 Å². The third kappa shape index (κ3) is 2.79. The van der Waals surface area contributed by atoms with Crippen LogP contribution in [-0.2, 0) is 4.79 Å². The molecule has 130 valence electrons. The topological polar surface area (TPSA) is 91.6 Å². The van der Waals surface area contributed by atoms with Gasteiger partial charge in [0.15, 0.2) is 5.82 Å². The van der Waals surface area contributed by atoms with Crippen LogP contribution in [0.15, 0.2) is 4.52 Å². The summed E-state index contributed by atoms with van der Waals surface area (Å²) in [7, 11) is 0. The number of hydrogen-bond acceptors (Lipinski definition) is 6. The highest BCUT2D eigenvalue weighted by Gasteiger charge is 2.44. The molecule has 0 aromatic carbocycles. The number of nitrogens with zero attached hydrogens (tertiary/aromatic N) is 4. The van der Waals surface area contributed by atoms with Crippen LogP contribution in [-0.4, -0.2) is 63.6 Å². The van der Waals surface area contributed by atoms with Gasteiger partial charge in [-0.3, -0.25) is 9.69 Å². The zero-order valence-corrected chi connectivity index (χ0v) is 14.1. The maximum atomic E-state index is 12.2. The van der Waals surface area contributed by atoms with Crippen LogP contribution in [0.1, 0.15) is 56.7 Å². The molecular weight excluding hydrogens is 310 g/mol. The number of imide groups is 1. The molecule has 3 amide bonds. The second-order valence-electron chi connectivity index (χ2n) is 7.56. The van der Waals surface area contributed by atoms with E-state index in [0.717, 1.165) is 44.1 Å². The van der Waals surface area contributed by atoms with Crippen molar-refractivity contribution in [2.45, 2.75) is 50.5 Å². The van der Waals surface area contributed by atoms with Gasteiger partial charge in [-0.15, -0.1) is 0 Å². The first kappa shape index (κ1) is 15.6. The summed E-state index contributed by atoms with van der Waals surface area (Å²) < 4.78 is 5.42. The van der Waals surface area contributed by atoms with Crippen molar-refractivity contribution in [3.8, 4) is 0 Å². The molecule has 3 fully saturated rings. The third-order valence-electron chi connectivity index (χ3n) is 5.11. The fourth-order valence-electron chi connectivity index (χ4n) is 3.42. The molecule has 0 unspecified atom stereocenters. The number of amides is 3. The van der Waals surface area contributed by atoms with Crippen molar-refractivity contribution in [1.82, 2.24) is 25.3 Å². The molecule has 8 heteroatoms. The lowest BCUT2D eigenvalue weighted by molar-refractivity contribution is -0.130. The van der Waals surface area contributed by atoms with Crippen LogP contribution in [0.3, 0.4) is 0 Å².